The molecule has 1 heterocycles. The second-order valence-electron chi connectivity index (χ2n) is 5.42. The molecule has 1 amide bonds. The van der Waals surface area contributed by atoms with Gasteiger partial charge in [-0.25, -0.2) is 4.39 Å². The Morgan fingerprint density at radius 3 is 2.80 bits per heavy atom. The van der Waals surface area contributed by atoms with E-state index in [0.717, 1.165) is 31.5 Å². The summed E-state index contributed by atoms with van der Waals surface area (Å²) in [5.74, 6) is 0.00388. The van der Waals surface area contributed by atoms with Gasteiger partial charge < -0.3 is 10.2 Å². The Morgan fingerprint density at radius 1 is 1.35 bits per heavy atom. The van der Waals surface area contributed by atoms with Crippen LogP contribution in [0.1, 0.15) is 44.2 Å². The molecule has 0 saturated carbocycles. The first-order chi connectivity index (χ1) is 9.66. The standard InChI is InChI=1S/C16H23FN2O/c1-13(14-6-5-7-15(17)12-14)18-9-8-16(20)19-10-3-2-4-11-19/h5-7,12-13,18H,2-4,8-11H2,1H3. The third-order valence-corrected chi connectivity index (χ3v) is 3.85. The smallest absolute Gasteiger partial charge is 0.223 e. The molecule has 1 aromatic rings. The Kier molecular flexibility index (Phi) is 5.53. The van der Waals surface area contributed by atoms with Crippen LogP contribution in [0.3, 0.4) is 0 Å². The molecule has 0 spiro atoms. The van der Waals surface area contributed by atoms with Crippen molar-refractivity contribution in [3.8, 4) is 0 Å². The molecule has 110 valence electrons. The highest BCUT2D eigenvalue weighted by Gasteiger charge is 2.16. The topological polar surface area (TPSA) is 32.3 Å². The number of benzene rings is 1. The molecule has 1 fully saturated rings. The van der Waals surface area contributed by atoms with E-state index < -0.39 is 0 Å². The fourth-order valence-corrected chi connectivity index (χ4v) is 2.59. The summed E-state index contributed by atoms with van der Waals surface area (Å²) in [7, 11) is 0. The molecule has 0 aromatic heterocycles. The zero-order chi connectivity index (χ0) is 14.4. The van der Waals surface area contributed by atoms with E-state index in [4.69, 9.17) is 0 Å². The number of nitrogens with one attached hydrogen (secondary N) is 1. The van der Waals surface area contributed by atoms with Gasteiger partial charge >= 0.3 is 0 Å². The van der Waals surface area contributed by atoms with E-state index in [0.29, 0.717) is 13.0 Å². The van der Waals surface area contributed by atoms with E-state index in [1.165, 1.54) is 18.6 Å². The van der Waals surface area contributed by atoms with E-state index in [2.05, 4.69) is 5.32 Å². The van der Waals surface area contributed by atoms with Crippen molar-refractivity contribution in [2.75, 3.05) is 19.6 Å². The average molecular weight is 278 g/mol. The van der Waals surface area contributed by atoms with Crippen LogP contribution in [0.5, 0.6) is 0 Å². The van der Waals surface area contributed by atoms with E-state index >= 15 is 0 Å². The van der Waals surface area contributed by atoms with Gasteiger partial charge in [0.2, 0.25) is 5.91 Å². The van der Waals surface area contributed by atoms with Crippen molar-refractivity contribution in [3.63, 3.8) is 0 Å². The fourth-order valence-electron chi connectivity index (χ4n) is 2.59. The van der Waals surface area contributed by atoms with Gasteiger partial charge in [-0.2, -0.15) is 0 Å². The van der Waals surface area contributed by atoms with Crippen LogP contribution in [0, 0.1) is 5.82 Å². The van der Waals surface area contributed by atoms with Crippen LogP contribution >= 0.6 is 0 Å². The Balaban J connectivity index is 1.73. The first-order valence-electron chi connectivity index (χ1n) is 7.43. The highest BCUT2D eigenvalue weighted by molar-refractivity contribution is 5.76. The monoisotopic (exact) mass is 278 g/mol. The van der Waals surface area contributed by atoms with E-state index in [1.54, 1.807) is 6.07 Å². The second kappa shape index (κ2) is 7.39. The molecule has 1 aromatic carbocycles. The lowest BCUT2D eigenvalue weighted by molar-refractivity contribution is -0.132. The van der Waals surface area contributed by atoms with E-state index in [1.807, 2.05) is 17.9 Å². The lowest BCUT2D eigenvalue weighted by Crippen LogP contribution is -2.37. The van der Waals surface area contributed by atoms with Crippen molar-refractivity contribution in [2.24, 2.45) is 0 Å². The van der Waals surface area contributed by atoms with Gasteiger partial charge in [-0.15, -0.1) is 0 Å². The molecule has 1 N–H and O–H groups in total. The summed E-state index contributed by atoms with van der Waals surface area (Å²) in [6, 6.07) is 6.63. The highest BCUT2D eigenvalue weighted by atomic mass is 19.1. The number of piperidine rings is 1. The second-order valence-corrected chi connectivity index (χ2v) is 5.42. The number of halogens is 1. The number of amides is 1. The predicted octanol–water partition coefficient (Wildman–Crippen LogP) is 2.88. The minimum absolute atomic E-state index is 0.0554. The minimum Gasteiger partial charge on any atom is -0.343 e. The number of hydrogen-bond acceptors (Lipinski definition) is 2. The maximum Gasteiger partial charge on any atom is 0.223 e. The van der Waals surface area contributed by atoms with Gasteiger partial charge in [-0.05, 0) is 43.9 Å². The summed E-state index contributed by atoms with van der Waals surface area (Å²) in [6.45, 7) is 4.42. The van der Waals surface area contributed by atoms with Gasteiger partial charge in [-0.3, -0.25) is 4.79 Å². The lowest BCUT2D eigenvalue weighted by Gasteiger charge is -2.27. The molecule has 2 rings (SSSR count). The fraction of sp³-hybridized carbons (Fsp3) is 0.562. The first kappa shape index (κ1) is 15.0. The molecular formula is C16H23FN2O. The molecule has 1 unspecified atom stereocenters. The summed E-state index contributed by atoms with van der Waals surface area (Å²) in [6.07, 6.45) is 4.00. The van der Waals surface area contributed by atoms with Crippen LogP contribution in [-0.4, -0.2) is 30.4 Å². The van der Waals surface area contributed by atoms with E-state index in [9.17, 15) is 9.18 Å². The molecule has 0 radical (unpaired) electrons. The maximum atomic E-state index is 13.1. The summed E-state index contributed by atoms with van der Waals surface area (Å²) in [4.78, 5) is 14.0. The van der Waals surface area contributed by atoms with Crippen LogP contribution in [0.4, 0.5) is 4.39 Å². The summed E-state index contributed by atoms with van der Waals surface area (Å²) in [5.41, 5.74) is 0.912. The number of likely N-dealkylation sites (tertiary alicyclic amines) is 1. The maximum absolute atomic E-state index is 13.1. The molecule has 3 nitrogen and oxygen atoms in total. The normalized spacial score (nSPS) is 17.0. The lowest BCUT2D eigenvalue weighted by atomic mass is 10.1. The number of nitrogens with zero attached hydrogens (tertiary/aromatic N) is 1. The molecule has 1 aliphatic heterocycles. The third kappa shape index (κ3) is 4.30. The van der Waals surface area contributed by atoms with Gasteiger partial charge in [0, 0.05) is 32.1 Å². The van der Waals surface area contributed by atoms with Crippen molar-refractivity contribution < 1.29 is 9.18 Å². The van der Waals surface area contributed by atoms with Crippen LogP contribution in [0.15, 0.2) is 24.3 Å². The van der Waals surface area contributed by atoms with Crippen molar-refractivity contribution in [1.82, 2.24) is 10.2 Å². The zero-order valence-corrected chi connectivity index (χ0v) is 12.1. The third-order valence-electron chi connectivity index (χ3n) is 3.85. The van der Waals surface area contributed by atoms with Crippen LogP contribution in [0.25, 0.3) is 0 Å². The molecular weight excluding hydrogens is 255 g/mol. The summed E-state index contributed by atoms with van der Waals surface area (Å²) >= 11 is 0. The minimum atomic E-state index is -0.222. The van der Waals surface area contributed by atoms with Crippen molar-refractivity contribution >= 4 is 5.91 Å². The molecule has 1 atom stereocenters. The first-order valence-corrected chi connectivity index (χ1v) is 7.43. The predicted molar refractivity (Wildman–Crippen MR) is 77.9 cm³/mol. The molecule has 4 heteroatoms. The van der Waals surface area contributed by atoms with Crippen LogP contribution < -0.4 is 5.32 Å². The van der Waals surface area contributed by atoms with Gasteiger partial charge in [0.25, 0.3) is 0 Å². The van der Waals surface area contributed by atoms with Gasteiger partial charge in [0.15, 0.2) is 0 Å². The number of hydrogen-bond donors (Lipinski definition) is 1. The Labute approximate surface area is 120 Å². The van der Waals surface area contributed by atoms with Crippen LogP contribution in [-0.2, 0) is 4.79 Å². The number of carbonyl (C=O) groups excluding carboxylic acids is 1. The molecule has 0 aliphatic carbocycles. The molecule has 20 heavy (non-hydrogen) atoms. The van der Waals surface area contributed by atoms with Gasteiger partial charge in [0.05, 0.1) is 0 Å². The summed E-state index contributed by atoms with van der Waals surface area (Å²) in [5, 5.41) is 3.28. The highest BCUT2D eigenvalue weighted by Crippen LogP contribution is 2.14. The number of rotatable bonds is 5. The molecule has 0 bridgehead atoms. The van der Waals surface area contributed by atoms with Gasteiger partial charge in [-0.1, -0.05) is 12.1 Å². The molecule has 1 saturated heterocycles. The van der Waals surface area contributed by atoms with Crippen molar-refractivity contribution in [2.45, 2.75) is 38.6 Å². The zero-order valence-electron chi connectivity index (χ0n) is 12.1. The quantitative estimate of drug-likeness (QED) is 0.898. The van der Waals surface area contributed by atoms with Gasteiger partial charge in [0.1, 0.15) is 5.82 Å². The largest absolute Gasteiger partial charge is 0.343 e. The average Bonchev–Trinajstić information content (AvgIpc) is 2.48. The molecule has 1 aliphatic rings. The van der Waals surface area contributed by atoms with Crippen molar-refractivity contribution in [3.05, 3.63) is 35.6 Å². The SMILES string of the molecule is CC(NCCC(=O)N1CCCCC1)c1cccc(F)c1. The Morgan fingerprint density at radius 2 is 2.10 bits per heavy atom. The summed E-state index contributed by atoms with van der Waals surface area (Å²) < 4.78 is 13.1. The van der Waals surface area contributed by atoms with Crippen LogP contribution in [0.2, 0.25) is 0 Å². The van der Waals surface area contributed by atoms with E-state index in [-0.39, 0.29) is 17.8 Å². The Bertz CT molecular complexity index is 444. The Hall–Kier alpha value is -1.42. The number of carbonyl (C=O) groups is 1. The van der Waals surface area contributed by atoms with Crippen molar-refractivity contribution in [1.29, 1.82) is 0 Å².